The van der Waals surface area contributed by atoms with Crippen molar-refractivity contribution >= 4 is 0 Å². The van der Waals surface area contributed by atoms with Crippen molar-refractivity contribution in [1.82, 2.24) is 14.5 Å². The first-order valence-corrected chi connectivity index (χ1v) is 5.79. The standard InChI is InChI=1S/C13H15N3/c1-10-4-6-16-12(7-10)9-15-13(16)11-3-2-5-14-8-11/h2-3,5,8-10H,4,6-7H2,1H3. The van der Waals surface area contributed by atoms with Gasteiger partial charge in [0.2, 0.25) is 0 Å². The molecule has 0 aliphatic carbocycles. The van der Waals surface area contributed by atoms with Gasteiger partial charge in [-0.15, -0.1) is 0 Å². The maximum Gasteiger partial charge on any atom is 0.141 e. The Hall–Kier alpha value is -1.64. The Morgan fingerprint density at radius 3 is 3.12 bits per heavy atom. The zero-order valence-electron chi connectivity index (χ0n) is 9.43. The van der Waals surface area contributed by atoms with Gasteiger partial charge in [0, 0.05) is 36.4 Å². The van der Waals surface area contributed by atoms with E-state index in [0.717, 1.165) is 30.3 Å². The summed E-state index contributed by atoms with van der Waals surface area (Å²) in [6, 6.07) is 4.03. The molecule has 3 rings (SSSR count). The Morgan fingerprint density at radius 2 is 2.31 bits per heavy atom. The number of hydrogen-bond donors (Lipinski definition) is 0. The van der Waals surface area contributed by atoms with Gasteiger partial charge in [-0.3, -0.25) is 4.98 Å². The smallest absolute Gasteiger partial charge is 0.141 e. The molecule has 2 aromatic heterocycles. The summed E-state index contributed by atoms with van der Waals surface area (Å²) in [4.78, 5) is 8.68. The van der Waals surface area contributed by atoms with Gasteiger partial charge in [-0.25, -0.2) is 4.98 Å². The van der Waals surface area contributed by atoms with Crippen molar-refractivity contribution in [3.05, 3.63) is 36.4 Å². The number of rotatable bonds is 1. The molecule has 1 aliphatic rings. The number of fused-ring (bicyclic) bond motifs is 1. The molecule has 3 nitrogen and oxygen atoms in total. The molecule has 1 aliphatic heterocycles. The molecule has 0 saturated heterocycles. The molecule has 16 heavy (non-hydrogen) atoms. The maximum absolute atomic E-state index is 4.53. The van der Waals surface area contributed by atoms with Crippen LogP contribution >= 0.6 is 0 Å². The van der Waals surface area contributed by atoms with Crippen LogP contribution in [0.1, 0.15) is 19.0 Å². The lowest BCUT2D eigenvalue weighted by molar-refractivity contribution is 0.419. The third-order valence-electron chi connectivity index (χ3n) is 3.26. The molecule has 0 spiro atoms. The van der Waals surface area contributed by atoms with Crippen LogP contribution < -0.4 is 0 Å². The van der Waals surface area contributed by atoms with Crippen molar-refractivity contribution in [2.24, 2.45) is 5.92 Å². The fraction of sp³-hybridized carbons (Fsp3) is 0.385. The summed E-state index contributed by atoms with van der Waals surface area (Å²) in [5, 5.41) is 0. The predicted octanol–water partition coefficient (Wildman–Crippen LogP) is 2.53. The summed E-state index contributed by atoms with van der Waals surface area (Å²) in [7, 11) is 0. The number of nitrogens with zero attached hydrogens (tertiary/aromatic N) is 3. The molecular formula is C13H15N3. The molecule has 1 unspecified atom stereocenters. The van der Waals surface area contributed by atoms with Crippen LogP contribution in [0.4, 0.5) is 0 Å². The van der Waals surface area contributed by atoms with Crippen molar-refractivity contribution < 1.29 is 0 Å². The van der Waals surface area contributed by atoms with Crippen molar-refractivity contribution in [1.29, 1.82) is 0 Å². The van der Waals surface area contributed by atoms with Gasteiger partial charge in [0.1, 0.15) is 5.82 Å². The normalized spacial score (nSPS) is 19.4. The summed E-state index contributed by atoms with van der Waals surface area (Å²) >= 11 is 0. The molecule has 1 atom stereocenters. The molecule has 0 saturated carbocycles. The van der Waals surface area contributed by atoms with E-state index in [1.165, 1.54) is 12.1 Å². The van der Waals surface area contributed by atoms with E-state index in [-0.39, 0.29) is 0 Å². The molecule has 0 bridgehead atoms. The van der Waals surface area contributed by atoms with E-state index in [1.807, 2.05) is 18.5 Å². The van der Waals surface area contributed by atoms with Gasteiger partial charge < -0.3 is 4.57 Å². The van der Waals surface area contributed by atoms with Crippen LogP contribution in [-0.2, 0) is 13.0 Å². The van der Waals surface area contributed by atoms with Gasteiger partial charge in [-0.2, -0.15) is 0 Å². The first-order valence-electron chi connectivity index (χ1n) is 5.79. The first-order chi connectivity index (χ1) is 7.84. The second-order valence-electron chi connectivity index (χ2n) is 4.56. The largest absolute Gasteiger partial charge is 0.328 e. The minimum absolute atomic E-state index is 0.783. The van der Waals surface area contributed by atoms with Gasteiger partial charge in [-0.05, 0) is 30.9 Å². The van der Waals surface area contributed by atoms with E-state index in [9.17, 15) is 0 Å². The van der Waals surface area contributed by atoms with E-state index < -0.39 is 0 Å². The number of pyridine rings is 1. The van der Waals surface area contributed by atoms with E-state index >= 15 is 0 Å². The van der Waals surface area contributed by atoms with Gasteiger partial charge in [0.05, 0.1) is 0 Å². The average molecular weight is 213 g/mol. The first kappa shape index (κ1) is 9.58. The lowest BCUT2D eigenvalue weighted by Crippen LogP contribution is -2.17. The van der Waals surface area contributed by atoms with Crippen molar-refractivity contribution in [3.63, 3.8) is 0 Å². The lowest BCUT2D eigenvalue weighted by atomic mass is 9.98. The van der Waals surface area contributed by atoms with Crippen molar-refractivity contribution in [2.45, 2.75) is 26.3 Å². The molecule has 0 radical (unpaired) electrons. The number of imidazole rings is 1. The molecule has 2 aromatic rings. The van der Waals surface area contributed by atoms with Crippen LogP contribution in [-0.4, -0.2) is 14.5 Å². The van der Waals surface area contributed by atoms with Crippen LogP contribution in [0.15, 0.2) is 30.7 Å². The van der Waals surface area contributed by atoms with Gasteiger partial charge >= 0.3 is 0 Å². The summed E-state index contributed by atoms with van der Waals surface area (Å²) in [5.74, 6) is 1.85. The molecular weight excluding hydrogens is 198 g/mol. The van der Waals surface area contributed by atoms with Gasteiger partial charge in [-0.1, -0.05) is 6.92 Å². The highest BCUT2D eigenvalue weighted by Gasteiger charge is 2.18. The van der Waals surface area contributed by atoms with E-state index in [0.29, 0.717) is 0 Å². The topological polar surface area (TPSA) is 30.7 Å². The average Bonchev–Trinajstić information content (AvgIpc) is 2.73. The Labute approximate surface area is 95.2 Å². The molecule has 0 fully saturated rings. The zero-order chi connectivity index (χ0) is 11.0. The van der Waals surface area contributed by atoms with Gasteiger partial charge in [0.15, 0.2) is 0 Å². The lowest BCUT2D eigenvalue weighted by Gasteiger charge is -2.21. The third-order valence-corrected chi connectivity index (χ3v) is 3.26. The second-order valence-corrected chi connectivity index (χ2v) is 4.56. The Kier molecular flexibility index (Phi) is 2.24. The summed E-state index contributed by atoms with van der Waals surface area (Å²) < 4.78 is 2.33. The summed E-state index contributed by atoms with van der Waals surface area (Å²) in [6.45, 7) is 3.39. The quantitative estimate of drug-likeness (QED) is 0.728. The number of aromatic nitrogens is 3. The SMILES string of the molecule is CC1CCn2c(cnc2-c2cccnc2)C1. The van der Waals surface area contributed by atoms with Crippen LogP contribution in [0.3, 0.4) is 0 Å². The van der Waals surface area contributed by atoms with Crippen LogP contribution in [0.2, 0.25) is 0 Å². The minimum atomic E-state index is 0.783. The van der Waals surface area contributed by atoms with Gasteiger partial charge in [0.25, 0.3) is 0 Å². The zero-order valence-corrected chi connectivity index (χ0v) is 9.43. The third kappa shape index (κ3) is 1.52. The highest BCUT2D eigenvalue weighted by molar-refractivity contribution is 5.54. The summed E-state index contributed by atoms with van der Waals surface area (Å²) in [5.41, 5.74) is 2.47. The van der Waals surface area contributed by atoms with E-state index in [4.69, 9.17) is 0 Å². The highest BCUT2D eigenvalue weighted by Crippen LogP contribution is 2.26. The fourth-order valence-electron chi connectivity index (χ4n) is 2.36. The summed E-state index contributed by atoms with van der Waals surface area (Å²) in [6.07, 6.45) is 8.08. The maximum atomic E-state index is 4.53. The predicted molar refractivity (Wildman–Crippen MR) is 62.9 cm³/mol. The highest BCUT2D eigenvalue weighted by atomic mass is 15.1. The molecule has 0 aromatic carbocycles. The Morgan fingerprint density at radius 1 is 1.38 bits per heavy atom. The van der Waals surface area contributed by atoms with Crippen LogP contribution in [0, 0.1) is 5.92 Å². The second kappa shape index (κ2) is 3.74. The Balaban J connectivity index is 2.04. The molecule has 0 amide bonds. The van der Waals surface area contributed by atoms with Crippen molar-refractivity contribution in [3.8, 4) is 11.4 Å². The van der Waals surface area contributed by atoms with Crippen LogP contribution in [0.5, 0.6) is 0 Å². The number of hydrogen-bond acceptors (Lipinski definition) is 2. The monoisotopic (exact) mass is 213 g/mol. The molecule has 0 N–H and O–H groups in total. The minimum Gasteiger partial charge on any atom is -0.328 e. The van der Waals surface area contributed by atoms with Crippen molar-refractivity contribution in [2.75, 3.05) is 0 Å². The fourth-order valence-corrected chi connectivity index (χ4v) is 2.36. The Bertz CT molecular complexity index is 487. The molecule has 82 valence electrons. The van der Waals surface area contributed by atoms with E-state index in [1.54, 1.807) is 6.20 Å². The molecule has 3 heterocycles. The molecule has 3 heteroatoms. The van der Waals surface area contributed by atoms with E-state index in [2.05, 4.69) is 27.5 Å². The van der Waals surface area contributed by atoms with Crippen LogP contribution in [0.25, 0.3) is 11.4 Å².